The molecule has 162 valence electrons. The standard InChI is InChI=1S/C22H31N5O3/c1-22(2,3)30-21(29)27-12-10-25(11-13-27)17-4-5-18-16(14-17)15-19(24-18)20(28)26-8-6-23-7-9-26/h4-5,14,23H,6-13,15H2,1-3H3. The molecule has 0 saturated carbocycles. The molecule has 1 aromatic rings. The zero-order valence-corrected chi connectivity index (χ0v) is 18.1. The first-order chi connectivity index (χ1) is 14.3. The zero-order valence-electron chi connectivity index (χ0n) is 18.1. The molecular weight excluding hydrogens is 382 g/mol. The van der Waals surface area contributed by atoms with Gasteiger partial charge in [-0.2, -0.15) is 0 Å². The van der Waals surface area contributed by atoms with Gasteiger partial charge in [-0.05, 0) is 44.5 Å². The highest BCUT2D eigenvalue weighted by Gasteiger charge is 2.28. The van der Waals surface area contributed by atoms with Crippen LogP contribution in [-0.4, -0.2) is 85.5 Å². The predicted octanol–water partition coefficient (Wildman–Crippen LogP) is 1.80. The Kier molecular flexibility index (Phi) is 5.69. The highest BCUT2D eigenvalue weighted by atomic mass is 16.6. The van der Waals surface area contributed by atoms with E-state index in [1.165, 1.54) is 0 Å². The Labute approximate surface area is 177 Å². The molecule has 0 radical (unpaired) electrons. The molecule has 8 heteroatoms. The number of carbonyl (C=O) groups is 2. The van der Waals surface area contributed by atoms with Crippen LogP contribution in [0.1, 0.15) is 26.3 Å². The lowest BCUT2D eigenvalue weighted by molar-refractivity contribution is -0.124. The molecule has 0 unspecified atom stereocenters. The summed E-state index contributed by atoms with van der Waals surface area (Å²) < 4.78 is 5.48. The summed E-state index contributed by atoms with van der Waals surface area (Å²) in [6.07, 6.45) is 0.338. The monoisotopic (exact) mass is 413 g/mol. The van der Waals surface area contributed by atoms with E-state index in [0.717, 1.165) is 56.2 Å². The number of ether oxygens (including phenoxy) is 1. The van der Waals surface area contributed by atoms with Crippen molar-refractivity contribution in [3.63, 3.8) is 0 Å². The number of carbonyl (C=O) groups excluding carboxylic acids is 2. The summed E-state index contributed by atoms with van der Waals surface area (Å²) in [6, 6.07) is 6.20. The first-order valence-electron chi connectivity index (χ1n) is 10.7. The van der Waals surface area contributed by atoms with Crippen LogP contribution in [0.2, 0.25) is 0 Å². The minimum atomic E-state index is -0.478. The van der Waals surface area contributed by atoms with Crippen molar-refractivity contribution in [3.05, 3.63) is 23.8 Å². The van der Waals surface area contributed by atoms with E-state index in [9.17, 15) is 9.59 Å². The lowest BCUT2D eigenvalue weighted by Gasteiger charge is -2.36. The quantitative estimate of drug-likeness (QED) is 0.800. The summed E-state index contributed by atoms with van der Waals surface area (Å²) in [7, 11) is 0. The van der Waals surface area contributed by atoms with Crippen LogP contribution in [0.3, 0.4) is 0 Å². The molecule has 4 rings (SSSR count). The van der Waals surface area contributed by atoms with E-state index in [2.05, 4.69) is 27.3 Å². The summed E-state index contributed by atoms with van der Waals surface area (Å²) in [4.78, 5) is 35.6. The number of aliphatic imine (C=N–C) groups is 1. The maximum atomic E-state index is 12.8. The van der Waals surface area contributed by atoms with Crippen LogP contribution >= 0.6 is 0 Å². The van der Waals surface area contributed by atoms with Crippen molar-refractivity contribution in [1.29, 1.82) is 0 Å². The Morgan fingerprint density at radius 1 is 1.00 bits per heavy atom. The summed E-state index contributed by atoms with van der Waals surface area (Å²) >= 11 is 0. The van der Waals surface area contributed by atoms with Crippen LogP contribution in [0.5, 0.6) is 0 Å². The number of fused-ring (bicyclic) bond motifs is 1. The van der Waals surface area contributed by atoms with E-state index in [1.54, 1.807) is 4.90 Å². The third kappa shape index (κ3) is 4.59. The van der Waals surface area contributed by atoms with Gasteiger partial charge >= 0.3 is 6.09 Å². The molecule has 1 N–H and O–H groups in total. The first kappa shape index (κ1) is 20.7. The fourth-order valence-electron chi connectivity index (χ4n) is 4.03. The SMILES string of the molecule is CC(C)(C)OC(=O)N1CCN(c2ccc3c(c2)CC(C(=O)N2CCNCC2)=N3)CC1. The summed E-state index contributed by atoms with van der Waals surface area (Å²) in [5.74, 6) is 0.0558. The lowest BCUT2D eigenvalue weighted by atomic mass is 10.1. The molecule has 3 heterocycles. The van der Waals surface area contributed by atoms with Crippen LogP contribution in [0.15, 0.2) is 23.2 Å². The second-order valence-corrected chi connectivity index (χ2v) is 9.04. The Bertz CT molecular complexity index is 847. The summed E-state index contributed by atoms with van der Waals surface area (Å²) in [5, 5.41) is 3.27. The fraction of sp³-hybridized carbons (Fsp3) is 0.591. The van der Waals surface area contributed by atoms with Crippen molar-refractivity contribution in [3.8, 4) is 0 Å². The topological polar surface area (TPSA) is 77.5 Å². The van der Waals surface area contributed by atoms with Gasteiger partial charge < -0.3 is 24.8 Å². The molecular formula is C22H31N5O3. The Morgan fingerprint density at radius 2 is 1.70 bits per heavy atom. The van der Waals surface area contributed by atoms with Gasteiger partial charge in [-0.3, -0.25) is 4.79 Å². The molecule has 8 nitrogen and oxygen atoms in total. The third-order valence-electron chi connectivity index (χ3n) is 5.62. The number of hydrogen-bond acceptors (Lipinski definition) is 6. The fourth-order valence-corrected chi connectivity index (χ4v) is 4.03. The van der Waals surface area contributed by atoms with Gasteiger partial charge in [0.2, 0.25) is 0 Å². The van der Waals surface area contributed by atoms with Gasteiger partial charge in [-0.25, -0.2) is 9.79 Å². The van der Waals surface area contributed by atoms with Crippen molar-refractivity contribution in [2.24, 2.45) is 4.99 Å². The van der Waals surface area contributed by atoms with Gasteiger partial charge in [-0.15, -0.1) is 0 Å². The molecule has 0 spiro atoms. The van der Waals surface area contributed by atoms with Crippen molar-refractivity contribution < 1.29 is 14.3 Å². The number of benzene rings is 1. The van der Waals surface area contributed by atoms with Crippen LogP contribution in [0.25, 0.3) is 0 Å². The van der Waals surface area contributed by atoms with E-state index in [-0.39, 0.29) is 12.0 Å². The second-order valence-electron chi connectivity index (χ2n) is 9.04. The van der Waals surface area contributed by atoms with Gasteiger partial charge in [0.1, 0.15) is 11.3 Å². The van der Waals surface area contributed by atoms with Gasteiger partial charge in [0.15, 0.2) is 0 Å². The molecule has 1 aromatic carbocycles. The predicted molar refractivity (Wildman–Crippen MR) is 117 cm³/mol. The van der Waals surface area contributed by atoms with E-state index in [0.29, 0.717) is 25.2 Å². The molecule has 0 aromatic heterocycles. The highest BCUT2D eigenvalue weighted by molar-refractivity contribution is 6.40. The van der Waals surface area contributed by atoms with Gasteiger partial charge in [0.05, 0.1) is 5.69 Å². The normalized spacial score (nSPS) is 19.4. The minimum absolute atomic E-state index is 0.0558. The third-order valence-corrected chi connectivity index (χ3v) is 5.62. The molecule has 2 saturated heterocycles. The van der Waals surface area contributed by atoms with Gasteiger partial charge in [0.25, 0.3) is 5.91 Å². The van der Waals surface area contributed by atoms with Crippen LogP contribution in [0.4, 0.5) is 16.2 Å². The van der Waals surface area contributed by atoms with Crippen molar-refractivity contribution in [1.82, 2.24) is 15.1 Å². The van der Waals surface area contributed by atoms with E-state index in [1.807, 2.05) is 31.7 Å². The number of nitrogens with one attached hydrogen (secondary N) is 1. The minimum Gasteiger partial charge on any atom is -0.444 e. The summed E-state index contributed by atoms with van der Waals surface area (Å²) in [5.41, 5.74) is 3.27. The summed E-state index contributed by atoms with van der Waals surface area (Å²) in [6.45, 7) is 11.6. The maximum absolute atomic E-state index is 12.8. The van der Waals surface area contributed by atoms with Gasteiger partial charge in [0, 0.05) is 64.5 Å². The highest BCUT2D eigenvalue weighted by Crippen LogP contribution is 2.31. The number of amides is 2. The molecule has 0 atom stereocenters. The number of nitrogens with zero attached hydrogens (tertiary/aromatic N) is 4. The number of piperazine rings is 2. The van der Waals surface area contributed by atoms with Crippen LogP contribution < -0.4 is 10.2 Å². The zero-order chi connectivity index (χ0) is 21.3. The van der Waals surface area contributed by atoms with Crippen LogP contribution in [0, 0.1) is 0 Å². The first-order valence-corrected chi connectivity index (χ1v) is 10.7. The lowest BCUT2D eigenvalue weighted by Crippen LogP contribution is -2.50. The van der Waals surface area contributed by atoms with Crippen molar-refractivity contribution in [2.75, 3.05) is 57.3 Å². The number of hydrogen-bond donors (Lipinski definition) is 1. The van der Waals surface area contributed by atoms with Crippen molar-refractivity contribution >= 4 is 29.1 Å². The van der Waals surface area contributed by atoms with E-state index < -0.39 is 5.60 Å². The second kappa shape index (κ2) is 8.26. The Morgan fingerprint density at radius 3 is 2.37 bits per heavy atom. The molecule has 2 fully saturated rings. The van der Waals surface area contributed by atoms with Crippen LogP contribution in [-0.2, 0) is 16.0 Å². The average Bonchev–Trinajstić information content (AvgIpc) is 3.16. The molecule has 2 amide bonds. The molecule has 0 aliphatic carbocycles. The molecule has 3 aliphatic rings. The smallest absolute Gasteiger partial charge is 0.410 e. The number of rotatable bonds is 2. The molecule has 0 bridgehead atoms. The van der Waals surface area contributed by atoms with Crippen molar-refractivity contribution in [2.45, 2.75) is 32.8 Å². The van der Waals surface area contributed by atoms with E-state index in [4.69, 9.17) is 4.74 Å². The van der Waals surface area contributed by atoms with Gasteiger partial charge in [-0.1, -0.05) is 0 Å². The van der Waals surface area contributed by atoms with E-state index >= 15 is 0 Å². The average molecular weight is 414 g/mol. The molecule has 30 heavy (non-hydrogen) atoms. The number of anilines is 1. The maximum Gasteiger partial charge on any atom is 0.410 e. The molecule has 3 aliphatic heterocycles. The Balaban J connectivity index is 1.35. The Hall–Kier alpha value is -2.61. The largest absolute Gasteiger partial charge is 0.444 e.